The van der Waals surface area contributed by atoms with Gasteiger partial charge in [0.05, 0.1) is 7.11 Å². The molecule has 0 bridgehead atoms. The van der Waals surface area contributed by atoms with Crippen molar-refractivity contribution in [1.82, 2.24) is 5.32 Å². The Bertz CT molecular complexity index is 455. The Morgan fingerprint density at radius 3 is 2.84 bits per heavy atom. The van der Waals surface area contributed by atoms with Crippen LogP contribution >= 0.6 is 0 Å². The van der Waals surface area contributed by atoms with E-state index >= 15 is 0 Å². The molecular weight excluding hydrogens is 242 g/mol. The zero-order chi connectivity index (χ0) is 13.8. The van der Waals surface area contributed by atoms with Crippen molar-refractivity contribution in [2.24, 2.45) is 0 Å². The number of hydrogen-bond acceptors (Lipinski definition) is 4. The highest BCUT2D eigenvalue weighted by Crippen LogP contribution is 2.24. The molecule has 1 unspecified atom stereocenters. The Balaban J connectivity index is 2.06. The van der Waals surface area contributed by atoms with E-state index in [1.807, 2.05) is 19.1 Å². The van der Waals surface area contributed by atoms with Crippen LogP contribution in [0.4, 0.5) is 0 Å². The second-order valence-electron chi connectivity index (χ2n) is 5.05. The van der Waals surface area contributed by atoms with Gasteiger partial charge in [0.1, 0.15) is 5.75 Å². The van der Waals surface area contributed by atoms with Crippen LogP contribution in [0.15, 0.2) is 18.2 Å². The lowest BCUT2D eigenvalue weighted by Crippen LogP contribution is -2.26. The Hall–Kier alpha value is -1.55. The van der Waals surface area contributed by atoms with Crippen molar-refractivity contribution in [2.75, 3.05) is 7.11 Å². The van der Waals surface area contributed by atoms with Crippen LogP contribution in [-0.4, -0.2) is 25.2 Å². The molecule has 1 aromatic rings. The fourth-order valence-corrected chi connectivity index (χ4v) is 1.91. The fourth-order valence-electron chi connectivity index (χ4n) is 1.91. The molecule has 2 rings (SSSR count). The van der Waals surface area contributed by atoms with Crippen molar-refractivity contribution in [3.8, 4) is 5.75 Å². The molecule has 0 spiro atoms. The molecular formula is C15H21NO3. The highest BCUT2D eigenvalue weighted by Gasteiger charge is 2.21. The molecule has 0 amide bonds. The highest BCUT2D eigenvalue weighted by atomic mass is 16.6. The summed E-state index contributed by atoms with van der Waals surface area (Å²) in [7, 11) is 1.37. The maximum absolute atomic E-state index is 11.4. The average Bonchev–Trinajstić information content (AvgIpc) is 3.22. The molecule has 4 nitrogen and oxygen atoms in total. The first kappa shape index (κ1) is 13.9. The number of nitrogens with one attached hydrogen (secondary N) is 1. The molecule has 1 saturated carbocycles. The number of hydrogen-bond donors (Lipinski definition) is 1. The van der Waals surface area contributed by atoms with E-state index in [9.17, 15) is 4.79 Å². The van der Waals surface area contributed by atoms with Crippen molar-refractivity contribution in [3.05, 3.63) is 29.3 Å². The first-order valence-electron chi connectivity index (χ1n) is 6.67. The van der Waals surface area contributed by atoms with Gasteiger partial charge in [-0.05, 0) is 32.8 Å². The quantitative estimate of drug-likeness (QED) is 0.799. The average molecular weight is 263 g/mol. The number of benzene rings is 1. The second-order valence-corrected chi connectivity index (χ2v) is 5.05. The first-order valence-corrected chi connectivity index (χ1v) is 6.67. The predicted octanol–water partition coefficient (Wildman–Crippen LogP) is 2.19. The van der Waals surface area contributed by atoms with Gasteiger partial charge in [-0.2, -0.15) is 0 Å². The van der Waals surface area contributed by atoms with Crippen LogP contribution in [0, 0.1) is 6.92 Å². The Labute approximate surface area is 114 Å². The van der Waals surface area contributed by atoms with E-state index in [1.165, 1.54) is 25.5 Å². The van der Waals surface area contributed by atoms with Gasteiger partial charge in [0.2, 0.25) is 0 Å². The second kappa shape index (κ2) is 6.06. The number of methoxy groups -OCH3 is 1. The van der Waals surface area contributed by atoms with E-state index in [2.05, 4.69) is 16.1 Å². The monoisotopic (exact) mass is 263 g/mol. The fraction of sp³-hybridized carbons (Fsp3) is 0.533. The van der Waals surface area contributed by atoms with Gasteiger partial charge in [-0.15, -0.1) is 0 Å². The third kappa shape index (κ3) is 3.96. The molecule has 0 radical (unpaired) electrons. The van der Waals surface area contributed by atoms with Crippen molar-refractivity contribution in [3.63, 3.8) is 0 Å². The number of esters is 1. The number of carbonyl (C=O) groups excluding carboxylic acids is 1. The summed E-state index contributed by atoms with van der Waals surface area (Å²) in [5.41, 5.74) is 2.27. The van der Waals surface area contributed by atoms with Crippen molar-refractivity contribution >= 4 is 5.97 Å². The Morgan fingerprint density at radius 1 is 1.47 bits per heavy atom. The van der Waals surface area contributed by atoms with Gasteiger partial charge in [0, 0.05) is 18.2 Å². The first-order chi connectivity index (χ1) is 9.10. The zero-order valence-electron chi connectivity index (χ0n) is 11.7. The topological polar surface area (TPSA) is 47.6 Å². The molecule has 1 aliphatic rings. The van der Waals surface area contributed by atoms with E-state index in [4.69, 9.17) is 4.74 Å². The minimum absolute atomic E-state index is 0.360. The number of rotatable bonds is 6. The van der Waals surface area contributed by atoms with Crippen LogP contribution in [-0.2, 0) is 16.1 Å². The molecule has 1 atom stereocenters. The van der Waals surface area contributed by atoms with Gasteiger partial charge in [-0.3, -0.25) is 0 Å². The van der Waals surface area contributed by atoms with Crippen LogP contribution in [0.3, 0.4) is 0 Å². The third-order valence-corrected chi connectivity index (χ3v) is 3.21. The van der Waals surface area contributed by atoms with E-state index < -0.39 is 6.10 Å². The molecule has 0 saturated heterocycles. The van der Waals surface area contributed by atoms with Gasteiger partial charge in [0.15, 0.2) is 6.10 Å². The van der Waals surface area contributed by atoms with Gasteiger partial charge in [-0.25, -0.2) is 4.79 Å². The Kier molecular flexibility index (Phi) is 4.43. The van der Waals surface area contributed by atoms with Gasteiger partial charge >= 0.3 is 5.97 Å². The molecule has 1 fully saturated rings. The van der Waals surface area contributed by atoms with Crippen LogP contribution in [0.25, 0.3) is 0 Å². The summed E-state index contributed by atoms with van der Waals surface area (Å²) < 4.78 is 10.4. The maximum Gasteiger partial charge on any atom is 0.346 e. The summed E-state index contributed by atoms with van der Waals surface area (Å²) in [5.74, 6) is 0.387. The van der Waals surface area contributed by atoms with E-state index in [-0.39, 0.29) is 5.97 Å². The summed E-state index contributed by atoms with van der Waals surface area (Å²) in [4.78, 5) is 11.4. The van der Waals surface area contributed by atoms with Gasteiger partial charge < -0.3 is 14.8 Å². The molecule has 104 valence electrons. The van der Waals surface area contributed by atoms with Crippen molar-refractivity contribution in [2.45, 2.75) is 45.4 Å². The normalized spacial score (nSPS) is 15.9. The largest absolute Gasteiger partial charge is 0.479 e. The van der Waals surface area contributed by atoms with E-state index in [1.54, 1.807) is 6.92 Å². The SMILES string of the molecule is COC(=O)C(C)Oc1ccc(C)cc1CNC1CC1. The molecule has 1 N–H and O–H groups in total. The molecule has 1 aliphatic carbocycles. The molecule has 1 aromatic carbocycles. The minimum Gasteiger partial charge on any atom is -0.479 e. The van der Waals surface area contributed by atoms with Crippen LogP contribution in [0.1, 0.15) is 30.9 Å². The van der Waals surface area contributed by atoms with Gasteiger partial charge in [-0.1, -0.05) is 17.7 Å². The lowest BCUT2D eigenvalue weighted by atomic mass is 10.1. The number of ether oxygens (including phenoxy) is 2. The van der Waals surface area contributed by atoms with E-state index in [0.717, 1.165) is 17.9 Å². The zero-order valence-corrected chi connectivity index (χ0v) is 11.7. The van der Waals surface area contributed by atoms with Crippen molar-refractivity contribution < 1.29 is 14.3 Å². The Morgan fingerprint density at radius 2 is 2.21 bits per heavy atom. The van der Waals surface area contributed by atoms with Crippen LogP contribution in [0.5, 0.6) is 5.75 Å². The molecule has 0 aliphatic heterocycles. The summed E-state index contributed by atoms with van der Waals surface area (Å²) in [5, 5.41) is 3.46. The molecule has 0 heterocycles. The molecule has 0 aromatic heterocycles. The minimum atomic E-state index is -0.590. The van der Waals surface area contributed by atoms with Crippen LogP contribution < -0.4 is 10.1 Å². The number of carbonyl (C=O) groups is 1. The smallest absolute Gasteiger partial charge is 0.346 e. The van der Waals surface area contributed by atoms with E-state index in [0.29, 0.717) is 6.04 Å². The summed E-state index contributed by atoms with van der Waals surface area (Å²) in [6, 6.07) is 6.64. The molecule has 19 heavy (non-hydrogen) atoms. The maximum atomic E-state index is 11.4. The third-order valence-electron chi connectivity index (χ3n) is 3.21. The summed E-state index contributed by atoms with van der Waals surface area (Å²) in [6.07, 6.45) is 1.91. The van der Waals surface area contributed by atoms with Crippen molar-refractivity contribution in [1.29, 1.82) is 0 Å². The number of aryl methyl sites for hydroxylation is 1. The van der Waals surface area contributed by atoms with Gasteiger partial charge in [0.25, 0.3) is 0 Å². The lowest BCUT2D eigenvalue weighted by Gasteiger charge is -2.16. The highest BCUT2D eigenvalue weighted by molar-refractivity contribution is 5.74. The van der Waals surface area contributed by atoms with Crippen LogP contribution in [0.2, 0.25) is 0 Å². The summed E-state index contributed by atoms with van der Waals surface area (Å²) >= 11 is 0. The standard InChI is InChI=1S/C15H21NO3/c1-10-4-7-14(19-11(2)15(17)18-3)12(8-10)9-16-13-5-6-13/h4,7-8,11,13,16H,5-6,9H2,1-3H3. The molecule has 4 heteroatoms. The lowest BCUT2D eigenvalue weighted by molar-refractivity contribution is -0.147. The summed E-state index contributed by atoms with van der Waals surface area (Å²) in [6.45, 7) is 4.52. The predicted molar refractivity (Wildman–Crippen MR) is 73.1 cm³/mol.